The van der Waals surface area contributed by atoms with Crippen molar-refractivity contribution >= 4 is 21.7 Å². The first-order valence-electron chi connectivity index (χ1n) is 1.74. The van der Waals surface area contributed by atoms with E-state index in [0.717, 1.165) is 15.9 Å². The van der Waals surface area contributed by atoms with Crippen molar-refractivity contribution in [2.24, 2.45) is 0 Å². The topological polar surface area (TPSA) is 13.1 Å². The molecule has 1 aromatic heterocycles. The Morgan fingerprint density at radius 3 is 2.86 bits per heavy atom. The molecule has 0 fully saturated rings. The van der Waals surface area contributed by atoms with Crippen molar-refractivity contribution in [3.05, 3.63) is 18.6 Å². The summed E-state index contributed by atoms with van der Waals surface area (Å²) in [6.07, 6.45) is 3.18. The minimum absolute atomic E-state index is 0.946. The molecule has 0 aliphatic carbocycles. The molecule has 1 aromatic rings. The lowest BCUT2D eigenvalue weighted by atomic mass is 10.7. The lowest BCUT2D eigenvalue weighted by Gasteiger charge is -1.73. The van der Waals surface area contributed by atoms with Gasteiger partial charge in [-0.3, -0.25) is 0 Å². The molecule has 38 valence electrons. The molecule has 1 rings (SSSR count). The van der Waals surface area contributed by atoms with E-state index < -0.39 is 0 Å². The van der Waals surface area contributed by atoms with E-state index in [9.17, 15) is 0 Å². The summed E-state index contributed by atoms with van der Waals surface area (Å²) < 4.78 is 4.70. The molecule has 0 unspecified atom stereocenters. The van der Waals surface area contributed by atoms with Crippen LogP contribution in [0.5, 0.6) is 0 Å². The third kappa shape index (κ3) is 1.14. The molecular weight excluding hydrogens is 132 g/mol. The molecule has 0 aliphatic heterocycles. The van der Waals surface area contributed by atoms with Crippen molar-refractivity contribution in [2.45, 2.75) is 4.90 Å². The van der Waals surface area contributed by atoms with Gasteiger partial charge in [-0.1, -0.05) is 0 Å². The molecule has 0 bridgehead atoms. The van der Waals surface area contributed by atoms with Crippen LogP contribution in [0.4, 0.5) is 0 Å². The van der Waals surface area contributed by atoms with E-state index in [0.29, 0.717) is 0 Å². The van der Waals surface area contributed by atoms with Crippen LogP contribution < -0.4 is 0 Å². The second kappa shape index (κ2) is 2.28. The first kappa shape index (κ1) is 5.06. The highest BCUT2D eigenvalue weighted by molar-refractivity contribution is 8.21. The standard InChI is InChI=1S/C4H3ClOS/c5-7-4-1-2-6-3-4/h1-3H. The molecule has 0 amide bonds. The largest absolute Gasteiger partial charge is 0.471 e. The molecule has 0 N–H and O–H groups in total. The van der Waals surface area contributed by atoms with Crippen LogP contribution in [0.1, 0.15) is 0 Å². The van der Waals surface area contributed by atoms with Crippen LogP contribution in [0.15, 0.2) is 27.9 Å². The Morgan fingerprint density at radius 2 is 2.57 bits per heavy atom. The van der Waals surface area contributed by atoms with E-state index in [1.807, 2.05) is 0 Å². The smallest absolute Gasteiger partial charge is 0.105 e. The molecule has 0 aromatic carbocycles. The zero-order valence-electron chi connectivity index (χ0n) is 3.43. The normalized spacial score (nSPS) is 9.29. The van der Waals surface area contributed by atoms with Crippen LogP contribution in [0.2, 0.25) is 0 Å². The third-order valence-corrected chi connectivity index (χ3v) is 1.53. The monoisotopic (exact) mass is 134 g/mol. The van der Waals surface area contributed by atoms with Gasteiger partial charge in [0.2, 0.25) is 0 Å². The van der Waals surface area contributed by atoms with Crippen molar-refractivity contribution < 1.29 is 4.42 Å². The Bertz CT molecular complexity index is 126. The van der Waals surface area contributed by atoms with Crippen LogP contribution in [0.25, 0.3) is 0 Å². The number of rotatable bonds is 1. The number of hydrogen-bond acceptors (Lipinski definition) is 2. The zero-order valence-corrected chi connectivity index (χ0v) is 5.00. The maximum atomic E-state index is 5.32. The van der Waals surface area contributed by atoms with Gasteiger partial charge in [0, 0.05) is 0 Å². The molecule has 3 heteroatoms. The van der Waals surface area contributed by atoms with E-state index in [-0.39, 0.29) is 0 Å². The molecule has 7 heavy (non-hydrogen) atoms. The minimum atomic E-state index is 0.946. The quantitative estimate of drug-likeness (QED) is 0.586. The van der Waals surface area contributed by atoms with Crippen molar-refractivity contribution in [3.8, 4) is 0 Å². The molecule has 0 aliphatic rings. The Morgan fingerprint density at radius 1 is 1.71 bits per heavy atom. The average Bonchev–Trinajstić information content (AvgIpc) is 2.14. The second-order valence-corrected chi connectivity index (χ2v) is 2.12. The van der Waals surface area contributed by atoms with E-state index in [4.69, 9.17) is 15.1 Å². The molecule has 1 nitrogen and oxygen atoms in total. The summed E-state index contributed by atoms with van der Waals surface area (Å²) in [5.41, 5.74) is 0. The molecule has 0 saturated heterocycles. The third-order valence-electron chi connectivity index (χ3n) is 0.584. The second-order valence-electron chi connectivity index (χ2n) is 1.04. The Balaban J connectivity index is 2.76. The van der Waals surface area contributed by atoms with Gasteiger partial charge in [-0.2, -0.15) is 0 Å². The van der Waals surface area contributed by atoms with Crippen LogP contribution in [-0.4, -0.2) is 0 Å². The first-order chi connectivity index (χ1) is 3.43. The van der Waals surface area contributed by atoms with E-state index in [1.54, 1.807) is 18.6 Å². The van der Waals surface area contributed by atoms with Crippen molar-refractivity contribution in [1.82, 2.24) is 0 Å². The average molecular weight is 135 g/mol. The molecule has 1 heterocycles. The Labute approximate surface area is 50.2 Å². The highest BCUT2D eigenvalue weighted by atomic mass is 35.7. The Hall–Kier alpha value is -0.0800. The molecule has 0 spiro atoms. The Kier molecular flexibility index (Phi) is 1.65. The highest BCUT2D eigenvalue weighted by Crippen LogP contribution is 2.20. The summed E-state index contributed by atoms with van der Waals surface area (Å²) in [7, 11) is 6.48. The predicted molar refractivity (Wildman–Crippen MR) is 30.4 cm³/mol. The molecule has 0 radical (unpaired) electrons. The van der Waals surface area contributed by atoms with Gasteiger partial charge in [0.25, 0.3) is 0 Å². The fourth-order valence-corrected chi connectivity index (χ4v) is 0.758. The molecular formula is C4H3ClOS. The minimum Gasteiger partial charge on any atom is -0.471 e. The van der Waals surface area contributed by atoms with Crippen LogP contribution in [0, 0.1) is 0 Å². The van der Waals surface area contributed by atoms with E-state index in [2.05, 4.69) is 0 Å². The van der Waals surface area contributed by atoms with Gasteiger partial charge in [-0.15, -0.1) is 0 Å². The summed E-state index contributed by atoms with van der Waals surface area (Å²) >= 11 is 0. The first-order valence-corrected chi connectivity index (χ1v) is 3.38. The van der Waals surface area contributed by atoms with Crippen LogP contribution in [-0.2, 0) is 0 Å². The number of halogens is 1. The fraction of sp³-hybridized carbons (Fsp3) is 0. The molecule has 0 atom stereocenters. The van der Waals surface area contributed by atoms with Crippen molar-refractivity contribution in [2.75, 3.05) is 0 Å². The maximum Gasteiger partial charge on any atom is 0.105 e. The van der Waals surface area contributed by atoms with Crippen molar-refractivity contribution in [1.29, 1.82) is 0 Å². The summed E-state index contributed by atoms with van der Waals surface area (Å²) in [6, 6.07) is 1.80. The van der Waals surface area contributed by atoms with Crippen LogP contribution in [0.3, 0.4) is 0 Å². The SMILES string of the molecule is ClSc1ccoc1. The summed E-state index contributed by atoms with van der Waals surface area (Å²) in [4.78, 5) is 0.946. The predicted octanol–water partition coefficient (Wildman–Crippen LogP) is 2.53. The van der Waals surface area contributed by atoms with Gasteiger partial charge in [-0.05, 0) is 27.7 Å². The van der Waals surface area contributed by atoms with Gasteiger partial charge < -0.3 is 4.42 Å². The molecule has 0 saturated carbocycles. The van der Waals surface area contributed by atoms with Crippen molar-refractivity contribution in [3.63, 3.8) is 0 Å². The van der Waals surface area contributed by atoms with E-state index >= 15 is 0 Å². The van der Waals surface area contributed by atoms with Gasteiger partial charge >= 0.3 is 0 Å². The maximum absolute atomic E-state index is 5.32. The number of furan rings is 1. The number of hydrogen-bond donors (Lipinski definition) is 0. The van der Waals surface area contributed by atoms with Gasteiger partial charge in [0.15, 0.2) is 0 Å². The van der Waals surface area contributed by atoms with Gasteiger partial charge in [-0.25, -0.2) is 0 Å². The van der Waals surface area contributed by atoms with Crippen LogP contribution >= 0.6 is 21.7 Å². The highest BCUT2D eigenvalue weighted by Gasteiger charge is 1.86. The summed E-state index contributed by atoms with van der Waals surface area (Å²) in [6.45, 7) is 0. The fourth-order valence-electron chi connectivity index (χ4n) is 0.296. The van der Waals surface area contributed by atoms with E-state index in [1.165, 1.54) is 0 Å². The summed E-state index contributed by atoms with van der Waals surface area (Å²) in [5, 5.41) is 0. The lowest BCUT2D eigenvalue weighted by molar-refractivity contribution is 0.562. The van der Waals surface area contributed by atoms with Gasteiger partial charge in [0.05, 0.1) is 11.2 Å². The lowest BCUT2D eigenvalue weighted by Crippen LogP contribution is -1.44. The summed E-state index contributed by atoms with van der Waals surface area (Å²) in [5.74, 6) is 0. The van der Waals surface area contributed by atoms with Gasteiger partial charge in [0.1, 0.15) is 6.26 Å². The zero-order chi connectivity index (χ0) is 5.11.